The number of amides is 2. The number of anilines is 3. The Labute approximate surface area is 179 Å². The Hall–Kier alpha value is -2.45. The van der Waals surface area contributed by atoms with Crippen LogP contribution in [0.25, 0.3) is 0 Å². The first-order valence-corrected chi connectivity index (χ1v) is 10.5. The van der Waals surface area contributed by atoms with E-state index in [2.05, 4.69) is 48.6 Å². The van der Waals surface area contributed by atoms with Crippen LogP contribution in [-0.2, 0) is 9.59 Å². The maximum atomic E-state index is 12.4. The number of likely N-dealkylation sites (N-methyl/N-ethyl adjacent to an activating group) is 1. The van der Waals surface area contributed by atoms with Gasteiger partial charge in [-0.3, -0.25) is 14.5 Å². The van der Waals surface area contributed by atoms with Crippen molar-refractivity contribution in [3.63, 3.8) is 0 Å². The number of aromatic nitrogens is 1. The lowest BCUT2D eigenvalue weighted by atomic mass is 10.1. The van der Waals surface area contributed by atoms with Crippen LogP contribution >= 0.6 is 15.9 Å². The second kappa shape index (κ2) is 9.84. The fraction of sp³-hybridized carbons (Fsp3) is 0.381. The van der Waals surface area contributed by atoms with E-state index in [0.717, 1.165) is 28.8 Å². The summed E-state index contributed by atoms with van der Waals surface area (Å²) in [6.07, 6.45) is 4.08. The molecule has 2 N–H and O–H groups in total. The minimum Gasteiger partial charge on any atom is -0.372 e. The van der Waals surface area contributed by atoms with Crippen LogP contribution in [0.2, 0.25) is 0 Å². The fourth-order valence-electron chi connectivity index (χ4n) is 3.33. The van der Waals surface area contributed by atoms with Gasteiger partial charge in [-0.15, -0.1) is 0 Å². The molecule has 1 fully saturated rings. The summed E-state index contributed by atoms with van der Waals surface area (Å²) in [6, 6.07) is 9.63. The molecule has 8 heteroatoms. The summed E-state index contributed by atoms with van der Waals surface area (Å²) in [7, 11) is 1.73. The molecular formula is C21H26BrN5O2. The third-order valence-electron chi connectivity index (χ3n) is 4.78. The summed E-state index contributed by atoms with van der Waals surface area (Å²) in [5.41, 5.74) is 3.03. The van der Waals surface area contributed by atoms with Gasteiger partial charge in [0.25, 0.3) is 0 Å². The van der Waals surface area contributed by atoms with Gasteiger partial charge in [0, 0.05) is 35.1 Å². The van der Waals surface area contributed by atoms with Gasteiger partial charge >= 0.3 is 0 Å². The predicted octanol–water partition coefficient (Wildman–Crippen LogP) is 3.26. The lowest BCUT2D eigenvalue weighted by Crippen LogP contribution is -2.36. The number of hydrogen-bond donors (Lipinski definition) is 2. The van der Waals surface area contributed by atoms with Crippen molar-refractivity contribution in [1.82, 2.24) is 9.88 Å². The fourth-order valence-corrected chi connectivity index (χ4v) is 3.56. The molecule has 3 rings (SSSR count). The number of nitrogens with zero attached hydrogens (tertiary/aromatic N) is 3. The lowest BCUT2D eigenvalue weighted by Gasteiger charge is -2.20. The van der Waals surface area contributed by atoms with Gasteiger partial charge in [-0.25, -0.2) is 4.98 Å². The highest BCUT2D eigenvalue weighted by atomic mass is 79.9. The van der Waals surface area contributed by atoms with Crippen molar-refractivity contribution >= 4 is 44.9 Å². The SMILES string of the molecule is Cc1cc(N2CCCC2)ccc1NC(=O)CN(C)CC(=O)Nc1ccc(Br)cn1. The molecule has 0 bridgehead atoms. The van der Waals surface area contributed by atoms with E-state index in [4.69, 9.17) is 0 Å². The molecule has 1 aliphatic rings. The number of carbonyl (C=O) groups is 2. The van der Waals surface area contributed by atoms with Crippen LogP contribution in [0, 0.1) is 6.92 Å². The van der Waals surface area contributed by atoms with Gasteiger partial charge in [-0.1, -0.05) is 0 Å². The Morgan fingerprint density at radius 3 is 2.41 bits per heavy atom. The molecule has 1 aromatic carbocycles. The largest absolute Gasteiger partial charge is 0.372 e. The van der Waals surface area contributed by atoms with E-state index in [1.807, 2.05) is 13.0 Å². The van der Waals surface area contributed by atoms with Crippen LogP contribution < -0.4 is 15.5 Å². The minimum atomic E-state index is -0.221. The number of pyridine rings is 1. The highest BCUT2D eigenvalue weighted by molar-refractivity contribution is 9.10. The van der Waals surface area contributed by atoms with Crippen molar-refractivity contribution in [2.75, 3.05) is 48.8 Å². The van der Waals surface area contributed by atoms with Crippen molar-refractivity contribution in [3.05, 3.63) is 46.6 Å². The topological polar surface area (TPSA) is 77.6 Å². The number of halogens is 1. The molecule has 0 radical (unpaired) electrons. The third-order valence-corrected chi connectivity index (χ3v) is 5.25. The van der Waals surface area contributed by atoms with Crippen LogP contribution in [0.3, 0.4) is 0 Å². The predicted molar refractivity (Wildman–Crippen MR) is 119 cm³/mol. The average Bonchev–Trinajstić information content (AvgIpc) is 3.19. The zero-order valence-corrected chi connectivity index (χ0v) is 18.3. The van der Waals surface area contributed by atoms with Gasteiger partial charge in [0.05, 0.1) is 13.1 Å². The van der Waals surface area contributed by atoms with Gasteiger partial charge < -0.3 is 15.5 Å². The zero-order valence-electron chi connectivity index (χ0n) is 16.7. The molecule has 1 aromatic heterocycles. The summed E-state index contributed by atoms with van der Waals surface area (Å²) < 4.78 is 0.841. The molecule has 2 aromatic rings. The molecule has 1 saturated heterocycles. The van der Waals surface area contributed by atoms with Crippen LogP contribution in [0.15, 0.2) is 41.0 Å². The van der Waals surface area contributed by atoms with Crippen molar-refractivity contribution in [2.45, 2.75) is 19.8 Å². The van der Waals surface area contributed by atoms with E-state index >= 15 is 0 Å². The second-order valence-corrected chi connectivity index (χ2v) is 8.24. The molecular weight excluding hydrogens is 434 g/mol. The smallest absolute Gasteiger partial charge is 0.239 e. The maximum Gasteiger partial charge on any atom is 0.239 e. The molecule has 2 amide bonds. The number of aryl methyl sites for hydroxylation is 1. The Morgan fingerprint density at radius 2 is 1.79 bits per heavy atom. The molecule has 29 heavy (non-hydrogen) atoms. The monoisotopic (exact) mass is 459 g/mol. The van der Waals surface area contributed by atoms with Crippen molar-refractivity contribution < 1.29 is 9.59 Å². The highest BCUT2D eigenvalue weighted by Crippen LogP contribution is 2.25. The Morgan fingerprint density at radius 1 is 1.10 bits per heavy atom. The Balaban J connectivity index is 1.48. The summed E-state index contributed by atoms with van der Waals surface area (Å²) >= 11 is 3.30. The average molecular weight is 460 g/mol. The highest BCUT2D eigenvalue weighted by Gasteiger charge is 2.15. The molecule has 7 nitrogen and oxygen atoms in total. The van der Waals surface area contributed by atoms with E-state index in [-0.39, 0.29) is 24.9 Å². The van der Waals surface area contributed by atoms with Gasteiger partial charge in [0.15, 0.2) is 0 Å². The van der Waals surface area contributed by atoms with Gasteiger partial charge in [-0.05, 0) is 78.6 Å². The molecule has 1 aliphatic heterocycles. The first-order chi connectivity index (χ1) is 13.9. The molecule has 0 atom stereocenters. The Bertz CT molecular complexity index is 866. The van der Waals surface area contributed by atoms with E-state index in [9.17, 15) is 9.59 Å². The van der Waals surface area contributed by atoms with Crippen LogP contribution in [0.1, 0.15) is 18.4 Å². The molecule has 0 aliphatic carbocycles. The standard InChI is InChI=1S/C21H26BrN5O2/c1-15-11-17(27-9-3-4-10-27)6-7-18(15)24-20(28)13-26(2)14-21(29)25-19-8-5-16(22)12-23-19/h5-8,11-12H,3-4,9-10,13-14H2,1-2H3,(H,24,28)(H,23,25,29). The van der Waals surface area contributed by atoms with Crippen molar-refractivity contribution in [2.24, 2.45) is 0 Å². The maximum absolute atomic E-state index is 12.4. The van der Waals surface area contributed by atoms with Gasteiger partial charge in [0.2, 0.25) is 11.8 Å². The van der Waals surface area contributed by atoms with Crippen LogP contribution in [0.5, 0.6) is 0 Å². The number of carbonyl (C=O) groups excluding carboxylic acids is 2. The number of benzene rings is 1. The number of hydrogen-bond acceptors (Lipinski definition) is 5. The van der Waals surface area contributed by atoms with E-state index in [1.165, 1.54) is 18.5 Å². The van der Waals surface area contributed by atoms with Crippen LogP contribution in [-0.4, -0.2) is 54.9 Å². The van der Waals surface area contributed by atoms with E-state index < -0.39 is 0 Å². The van der Waals surface area contributed by atoms with Crippen molar-refractivity contribution in [1.29, 1.82) is 0 Å². The summed E-state index contributed by atoms with van der Waals surface area (Å²) in [4.78, 5) is 32.6. The third kappa shape index (κ3) is 6.27. The number of rotatable bonds is 7. The summed E-state index contributed by atoms with van der Waals surface area (Å²) in [5.74, 6) is 0.102. The second-order valence-electron chi connectivity index (χ2n) is 7.32. The normalized spacial score (nSPS) is 13.6. The molecule has 154 valence electrons. The quantitative estimate of drug-likeness (QED) is 0.664. The van der Waals surface area contributed by atoms with E-state index in [0.29, 0.717) is 5.82 Å². The molecule has 0 saturated carbocycles. The van der Waals surface area contributed by atoms with Crippen molar-refractivity contribution in [3.8, 4) is 0 Å². The summed E-state index contributed by atoms with van der Waals surface area (Å²) in [6.45, 7) is 4.39. The molecule has 0 unspecified atom stereocenters. The van der Waals surface area contributed by atoms with E-state index in [1.54, 1.807) is 30.3 Å². The minimum absolute atomic E-state index is 0.0953. The zero-order chi connectivity index (χ0) is 20.8. The van der Waals surface area contributed by atoms with Gasteiger partial charge in [0.1, 0.15) is 5.82 Å². The molecule has 2 heterocycles. The lowest BCUT2D eigenvalue weighted by molar-refractivity contribution is -0.119. The van der Waals surface area contributed by atoms with Crippen LogP contribution in [0.4, 0.5) is 17.2 Å². The first kappa shape index (κ1) is 21.3. The Kier molecular flexibility index (Phi) is 7.22. The first-order valence-electron chi connectivity index (χ1n) is 9.66. The molecule has 0 spiro atoms. The summed E-state index contributed by atoms with van der Waals surface area (Å²) in [5, 5.41) is 5.66. The van der Waals surface area contributed by atoms with Gasteiger partial charge in [-0.2, -0.15) is 0 Å². The number of nitrogens with one attached hydrogen (secondary N) is 2.